The molecule has 1 aromatic rings. The Morgan fingerprint density at radius 2 is 1.71 bits per heavy atom. The molecule has 0 aliphatic rings. The maximum Gasteiger partial charge on any atom is 0.341 e. The highest BCUT2D eigenvalue weighted by molar-refractivity contribution is 6.19. The van der Waals surface area contributed by atoms with Gasteiger partial charge in [0.1, 0.15) is 5.57 Å². The van der Waals surface area contributed by atoms with Crippen molar-refractivity contribution in [3.05, 3.63) is 23.3 Å². The molecule has 0 aliphatic carbocycles. The third kappa shape index (κ3) is 5.30. The minimum atomic E-state index is -0.672. The zero-order valence-corrected chi connectivity index (χ0v) is 14.7. The van der Waals surface area contributed by atoms with Crippen LogP contribution in [0.3, 0.4) is 0 Å². The molecule has 0 bridgehead atoms. The van der Waals surface area contributed by atoms with E-state index in [0.29, 0.717) is 11.5 Å². The van der Waals surface area contributed by atoms with Crippen LogP contribution in [0.5, 0.6) is 17.2 Å². The first-order valence-electron chi connectivity index (χ1n) is 7.64. The van der Waals surface area contributed by atoms with Crippen LogP contribution in [0.2, 0.25) is 0 Å². The number of carbonyl (C=O) groups excluding carboxylic acids is 2. The van der Waals surface area contributed by atoms with E-state index in [-0.39, 0.29) is 29.4 Å². The number of ketones is 1. The Kier molecular flexibility index (Phi) is 7.30. The molecule has 0 unspecified atom stereocenters. The number of esters is 1. The van der Waals surface area contributed by atoms with Crippen LogP contribution in [-0.2, 0) is 14.3 Å². The van der Waals surface area contributed by atoms with Gasteiger partial charge in [-0.05, 0) is 43.0 Å². The first kappa shape index (κ1) is 19.5. The maximum absolute atomic E-state index is 12.1. The summed E-state index contributed by atoms with van der Waals surface area (Å²) >= 11 is 0. The van der Waals surface area contributed by atoms with Crippen LogP contribution in [0, 0.1) is 5.92 Å². The van der Waals surface area contributed by atoms with E-state index < -0.39 is 11.8 Å². The predicted octanol–water partition coefficient (Wildman–Crippen LogP) is 2.97. The third-order valence-corrected chi connectivity index (χ3v) is 3.34. The summed E-state index contributed by atoms with van der Waals surface area (Å²) in [4.78, 5) is 23.9. The number of methoxy groups -OCH3 is 2. The fraction of sp³-hybridized carbons (Fsp3) is 0.444. The van der Waals surface area contributed by atoms with E-state index in [2.05, 4.69) is 0 Å². The monoisotopic (exact) mass is 336 g/mol. The molecule has 0 atom stereocenters. The van der Waals surface area contributed by atoms with E-state index in [1.807, 2.05) is 13.8 Å². The lowest BCUT2D eigenvalue weighted by atomic mass is 10.1. The van der Waals surface area contributed by atoms with Gasteiger partial charge in [0.25, 0.3) is 0 Å². The lowest BCUT2D eigenvalue weighted by molar-refractivity contribution is -0.140. The Hall–Kier alpha value is -2.50. The number of hydrogen-bond acceptors (Lipinski definition) is 6. The van der Waals surface area contributed by atoms with E-state index in [4.69, 9.17) is 14.2 Å². The lowest BCUT2D eigenvalue weighted by Crippen LogP contribution is -2.15. The van der Waals surface area contributed by atoms with Crippen molar-refractivity contribution in [2.75, 3.05) is 20.8 Å². The summed E-state index contributed by atoms with van der Waals surface area (Å²) in [5.41, 5.74) is 0.404. The number of hydrogen-bond donors (Lipinski definition) is 1. The lowest BCUT2D eigenvalue weighted by Gasteiger charge is -2.11. The van der Waals surface area contributed by atoms with Crippen molar-refractivity contribution in [3.63, 3.8) is 0 Å². The van der Waals surface area contributed by atoms with Gasteiger partial charge in [-0.1, -0.05) is 13.8 Å². The van der Waals surface area contributed by atoms with Gasteiger partial charge in [-0.25, -0.2) is 4.79 Å². The Morgan fingerprint density at radius 3 is 2.12 bits per heavy atom. The number of phenols is 1. The second-order valence-corrected chi connectivity index (χ2v) is 5.71. The van der Waals surface area contributed by atoms with Crippen molar-refractivity contribution in [1.29, 1.82) is 0 Å². The molecule has 1 aromatic carbocycles. The van der Waals surface area contributed by atoms with Gasteiger partial charge in [-0.3, -0.25) is 4.79 Å². The van der Waals surface area contributed by atoms with Crippen LogP contribution in [0.15, 0.2) is 17.7 Å². The molecule has 0 aromatic heterocycles. The van der Waals surface area contributed by atoms with Crippen molar-refractivity contribution in [1.82, 2.24) is 0 Å². The average molecular weight is 336 g/mol. The minimum Gasteiger partial charge on any atom is -0.502 e. The van der Waals surface area contributed by atoms with E-state index in [0.717, 1.165) is 6.42 Å². The molecule has 0 aliphatic heterocycles. The number of ether oxygens (including phenoxy) is 3. The van der Waals surface area contributed by atoms with Gasteiger partial charge in [0.15, 0.2) is 17.3 Å². The van der Waals surface area contributed by atoms with Gasteiger partial charge in [-0.15, -0.1) is 0 Å². The fourth-order valence-electron chi connectivity index (χ4n) is 1.93. The molecule has 0 radical (unpaired) electrons. The smallest absolute Gasteiger partial charge is 0.341 e. The third-order valence-electron chi connectivity index (χ3n) is 3.34. The molecule has 0 saturated carbocycles. The highest BCUT2D eigenvalue weighted by Gasteiger charge is 2.18. The molecule has 0 spiro atoms. The predicted molar refractivity (Wildman–Crippen MR) is 90.3 cm³/mol. The highest BCUT2D eigenvalue weighted by Crippen LogP contribution is 2.37. The first-order valence-corrected chi connectivity index (χ1v) is 7.64. The Morgan fingerprint density at radius 1 is 1.17 bits per heavy atom. The number of rotatable bonds is 8. The van der Waals surface area contributed by atoms with Gasteiger partial charge in [0.05, 0.1) is 20.8 Å². The molecule has 1 N–H and O–H groups in total. The molecule has 0 heterocycles. The largest absolute Gasteiger partial charge is 0.502 e. The molecule has 0 saturated heterocycles. The van der Waals surface area contributed by atoms with E-state index in [1.54, 1.807) is 0 Å². The number of carbonyl (C=O) groups is 2. The molecular formula is C18H24O6. The number of Topliss-reactive ketones (excluding diaryl/α,β-unsaturated/α-hetero) is 1. The van der Waals surface area contributed by atoms with Crippen molar-refractivity contribution >= 4 is 17.8 Å². The molecule has 6 nitrogen and oxygen atoms in total. The van der Waals surface area contributed by atoms with Gasteiger partial charge in [-0.2, -0.15) is 0 Å². The second kappa shape index (κ2) is 8.96. The van der Waals surface area contributed by atoms with Crippen molar-refractivity contribution in [2.24, 2.45) is 5.92 Å². The average Bonchev–Trinajstić information content (AvgIpc) is 2.52. The summed E-state index contributed by atoms with van der Waals surface area (Å²) < 4.78 is 15.3. The summed E-state index contributed by atoms with van der Waals surface area (Å²) in [6.45, 7) is 5.59. The maximum atomic E-state index is 12.1. The van der Waals surface area contributed by atoms with E-state index >= 15 is 0 Å². The second-order valence-electron chi connectivity index (χ2n) is 5.71. The summed E-state index contributed by atoms with van der Waals surface area (Å²) in [5.74, 6) is -0.479. The molecule has 24 heavy (non-hydrogen) atoms. The zero-order chi connectivity index (χ0) is 18.3. The summed E-state index contributed by atoms with van der Waals surface area (Å²) in [6, 6.07) is 3.00. The molecule has 0 fully saturated rings. The Bertz CT molecular complexity index is 605. The van der Waals surface area contributed by atoms with Gasteiger partial charge < -0.3 is 19.3 Å². The van der Waals surface area contributed by atoms with Crippen LogP contribution >= 0.6 is 0 Å². The van der Waals surface area contributed by atoms with Gasteiger partial charge >= 0.3 is 5.97 Å². The van der Waals surface area contributed by atoms with Gasteiger partial charge in [0.2, 0.25) is 5.75 Å². The van der Waals surface area contributed by atoms with Gasteiger partial charge in [0, 0.05) is 0 Å². The van der Waals surface area contributed by atoms with Crippen molar-refractivity contribution in [3.8, 4) is 17.2 Å². The normalized spacial score (nSPS) is 11.3. The van der Waals surface area contributed by atoms with Crippen LogP contribution in [-0.4, -0.2) is 37.7 Å². The number of phenolic OH excluding ortho intramolecular Hbond substituents is 1. The molecule has 6 heteroatoms. The van der Waals surface area contributed by atoms with E-state index in [9.17, 15) is 14.7 Å². The summed E-state index contributed by atoms with van der Waals surface area (Å²) in [6.07, 6.45) is 2.11. The molecular weight excluding hydrogens is 312 g/mol. The summed E-state index contributed by atoms with van der Waals surface area (Å²) in [5, 5.41) is 9.90. The molecule has 0 amide bonds. The standard InChI is InChI=1S/C18H24O6/c1-11(2)6-7-24-18(21)14(12(3)19)8-13-9-15(22-4)17(20)16(10-13)23-5/h8-11,20H,6-7H2,1-5H3/b14-8+. The van der Waals surface area contributed by atoms with Crippen LogP contribution in [0.4, 0.5) is 0 Å². The van der Waals surface area contributed by atoms with E-state index in [1.165, 1.54) is 39.4 Å². The SMILES string of the molecule is COc1cc(/C=C(\C(C)=O)C(=O)OCCC(C)C)cc(OC)c1O. The topological polar surface area (TPSA) is 82.1 Å². The minimum absolute atomic E-state index is 0.0754. The Labute approximate surface area is 142 Å². The van der Waals surface area contributed by atoms with Crippen LogP contribution in [0.25, 0.3) is 6.08 Å². The van der Waals surface area contributed by atoms with Crippen molar-refractivity contribution < 1.29 is 28.9 Å². The fourth-order valence-corrected chi connectivity index (χ4v) is 1.93. The summed E-state index contributed by atoms with van der Waals surface area (Å²) in [7, 11) is 2.79. The van der Waals surface area contributed by atoms with Crippen LogP contribution in [0.1, 0.15) is 32.8 Å². The molecule has 1 rings (SSSR count). The quantitative estimate of drug-likeness (QED) is 0.340. The first-order chi connectivity index (χ1) is 11.3. The zero-order valence-electron chi connectivity index (χ0n) is 14.7. The van der Waals surface area contributed by atoms with Crippen LogP contribution < -0.4 is 9.47 Å². The van der Waals surface area contributed by atoms with Crippen molar-refractivity contribution in [2.45, 2.75) is 27.2 Å². The molecule has 132 valence electrons. The highest BCUT2D eigenvalue weighted by atomic mass is 16.5. The Balaban J connectivity index is 3.12. The number of benzene rings is 1. The number of aromatic hydroxyl groups is 1.